The van der Waals surface area contributed by atoms with Gasteiger partial charge in [0.25, 0.3) is 5.56 Å². The standard InChI is InChI=1S/C23H28N2O/c26-23-19-11-5-4-9-17(19)21-14-20-16(15-25-12-6-1-7-13-25)8-2-3-10-18(20)22(21)24-23/h2-3,8H,1,4-7,9-15H2,(H,24,26). The number of rotatable bonds is 2. The number of allylic oxidation sites excluding steroid dienone is 4. The zero-order chi connectivity index (χ0) is 17.5. The van der Waals surface area contributed by atoms with Crippen LogP contribution in [0.3, 0.4) is 0 Å². The molecule has 0 unspecified atom stereocenters. The Morgan fingerprint density at radius 1 is 0.923 bits per heavy atom. The fourth-order valence-corrected chi connectivity index (χ4v) is 5.30. The highest BCUT2D eigenvalue weighted by atomic mass is 16.1. The first-order valence-corrected chi connectivity index (χ1v) is 10.4. The third-order valence-corrected chi connectivity index (χ3v) is 6.65. The first-order valence-electron chi connectivity index (χ1n) is 10.4. The Morgan fingerprint density at radius 3 is 2.58 bits per heavy atom. The second-order valence-electron chi connectivity index (χ2n) is 8.27. The lowest BCUT2D eigenvalue weighted by atomic mass is 9.88. The SMILES string of the molecule is O=c1[nH]c2c(c3c1CCCC3)CC1=C2CC=CC=C1CN1CCCCC1. The van der Waals surface area contributed by atoms with Crippen molar-refractivity contribution in [3.05, 3.63) is 62.1 Å². The molecule has 1 fully saturated rings. The summed E-state index contributed by atoms with van der Waals surface area (Å²) < 4.78 is 0. The van der Waals surface area contributed by atoms with Crippen molar-refractivity contribution in [3.63, 3.8) is 0 Å². The van der Waals surface area contributed by atoms with Crippen LogP contribution < -0.4 is 5.56 Å². The van der Waals surface area contributed by atoms with Gasteiger partial charge in [-0.25, -0.2) is 0 Å². The number of fused-ring (bicyclic) bond motifs is 4. The van der Waals surface area contributed by atoms with Crippen LogP contribution in [0.4, 0.5) is 0 Å². The van der Waals surface area contributed by atoms with Crippen LogP contribution in [-0.4, -0.2) is 29.5 Å². The van der Waals surface area contributed by atoms with E-state index in [0.717, 1.165) is 49.9 Å². The zero-order valence-electron chi connectivity index (χ0n) is 15.6. The van der Waals surface area contributed by atoms with Gasteiger partial charge in [-0.2, -0.15) is 0 Å². The highest BCUT2D eigenvalue weighted by molar-refractivity contribution is 5.80. The molecular weight excluding hydrogens is 320 g/mol. The van der Waals surface area contributed by atoms with Gasteiger partial charge in [-0.05, 0) is 85.9 Å². The second-order valence-corrected chi connectivity index (χ2v) is 8.27. The number of H-pyrrole nitrogens is 1. The van der Waals surface area contributed by atoms with E-state index in [4.69, 9.17) is 0 Å². The van der Waals surface area contributed by atoms with Gasteiger partial charge < -0.3 is 4.98 Å². The summed E-state index contributed by atoms with van der Waals surface area (Å²) in [6.45, 7) is 3.51. The third kappa shape index (κ3) is 2.73. The molecule has 0 bridgehead atoms. The maximum Gasteiger partial charge on any atom is 0.251 e. The smallest absolute Gasteiger partial charge is 0.251 e. The largest absolute Gasteiger partial charge is 0.322 e. The van der Waals surface area contributed by atoms with Crippen molar-refractivity contribution < 1.29 is 0 Å². The molecule has 26 heavy (non-hydrogen) atoms. The summed E-state index contributed by atoms with van der Waals surface area (Å²) in [5.41, 5.74) is 9.55. The zero-order valence-corrected chi connectivity index (χ0v) is 15.6. The number of piperidine rings is 1. The molecule has 4 aliphatic rings. The molecule has 0 spiro atoms. The fraction of sp³-hybridized carbons (Fsp3) is 0.522. The monoisotopic (exact) mass is 348 g/mol. The molecule has 1 aliphatic heterocycles. The number of nitrogens with one attached hydrogen (secondary N) is 1. The molecule has 0 saturated carbocycles. The summed E-state index contributed by atoms with van der Waals surface area (Å²) in [7, 11) is 0. The quantitative estimate of drug-likeness (QED) is 0.879. The van der Waals surface area contributed by atoms with Crippen LogP contribution in [0.5, 0.6) is 0 Å². The highest BCUT2D eigenvalue weighted by Crippen LogP contribution is 2.41. The van der Waals surface area contributed by atoms with Gasteiger partial charge in [0, 0.05) is 24.2 Å². The van der Waals surface area contributed by atoms with Gasteiger partial charge in [0.15, 0.2) is 0 Å². The van der Waals surface area contributed by atoms with Crippen LogP contribution in [0.1, 0.15) is 60.9 Å². The van der Waals surface area contributed by atoms with Crippen molar-refractivity contribution in [1.82, 2.24) is 9.88 Å². The van der Waals surface area contributed by atoms with Gasteiger partial charge >= 0.3 is 0 Å². The molecule has 0 atom stereocenters. The average molecular weight is 348 g/mol. The number of nitrogens with zero attached hydrogens (tertiary/aromatic N) is 1. The third-order valence-electron chi connectivity index (χ3n) is 6.65. The maximum absolute atomic E-state index is 12.7. The van der Waals surface area contributed by atoms with E-state index in [9.17, 15) is 4.79 Å². The molecule has 2 heterocycles. The Bertz CT molecular complexity index is 878. The lowest BCUT2D eigenvalue weighted by molar-refractivity contribution is 0.247. The van der Waals surface area contributed by atoms with Crippen LogP contribution in [-0.2, 0) is 19.3 Å². The molecule has 1 aromatic heterocycles. The van der Waals surface area contributed by atoms with E-state index < -0.39 is 0 Å². The summed E-state index contributed by atoms with van der Waals surface area (Å²) >= 11 is 0. The minimum Gasteiger partial charge on any atom is -0.322 e. The van der Waals surface area contributed by atoms with Crippen molar-refractivity contribution in [2.45, 2.75) is 57.8 Å². The molecule has 3 heteroatoms. The van der Waals surface area contributed by atoms with Gasteiger partial charge in [0.05, 0.1) is 0 Å². The molecule has 1 saturated heterocycles. The minimum atomic E-state index is 0.169. The van der Waals surface area contributed by atoms with E-state index in [-0.39, 0.29) is 5.56 Å². The number of likely N-dealkylation sites (tertiary alicyclic amines) is 1. The molecular formula is C23H28N2O. The topological polar surface area (TPSA) is 36.1 Å². The van der Waals surface area contributed by atoms with E-state index in [1.165, 1.54) is 66.6 Å². The normalized spacial score (nSPS) is 22.5. The molecule has 0 radical (unpaired) electrons. The predicted molar refractivity (Wildman–Crippen MR) is 106 cm³/mol. The first kappa shape index (κ1) is 16.3. The molecule has 0 aromatic carbocycles. The van der Waals surface area contributed by atoms with Crippen molar-refractivity contribution in [2.75, 3.05) is 19.6 Å². The Balaban J connectivity index is 1.53. The molecule has 136 valence electrons. The average Bonchev–Trinajstić information content (AvgIpc) is 2.92. The van der Waals surface area contributed by atoms with Crippen LogP contribution in [0.2, 0.25) is 0 Å². The highest BCUT2D eigenvalue weighted by Gasteiger charge is 2.30. The Kier molecular flexibility index (Phi) is 4.20. The summed E-state index contributed by atoms with van der Waals surface area (Å²) in [4.78, 5) is 18.6. The number of hydrogen-bond acceptors (Lipinski definition) is 2. The van der Waals surface area contributed by atoms with E-state index in [1.54, 1.807) is 0 Å². The number of aromatic amines is 1. The lowest BCUT2D eigenvalue weighted by Gasteiger charge is -2.28. The van der Waals surface area contributed by atoms with Crippen LogP contribution in [0.15, 0.2) is 34.2 Å². The number of hydrogen-bond donors (Lipinski definition) is 1. The van der Waals surface area contributed by atoms with Crippen LogP contribution >= 0.6 is 0 Å². The number of pyridine rings is 1. The van der Waals surface area contributed by atoms with Crippen molar-refractivity contribution >= 4 is 5.57 Å². The summed E-state index contributed by atoms with van der Waals surface area (Å²) in [6.07, 6.45) is 17.2. The van der Waals surface area contributed by atoms with Gasteiger partial charge in [0.2, 0.25) is 0 Å². The minimum absolute atomic E-state index is 0.169. The van der Waals surface area contributed by atoms with Crippen LogP contribution in [0.25, 0.3) is 5.57 Å². The fourth-order valence-electron chi connectivity index (χ4n) is 5.30. The van der Waals surface area contributed by atoms with Gasteiger partial charge in [-0.1, -0.05) is 24.6 Å². The van der Waals surface area contributed by atoms with E-state index in [1.807, 2.05) is 0 Å². The van der Waals surface area contributed by atoms with Gasteiger partial charge in [0.1, 0.15) is 0 Å². The molecule has 5 rings (SSSR count). The summed E-state index contributed by atoms with van der Waals surface area (Å²) in [6, 6.07) is 0. The summed E-state index contributed by atoms with van der Waals surface area (Å²) in [5, 5.41) is 0. The van der Waals surface area contributed by atoms with Crippen molar-refractivity contribution in [2.24, 2.45) is 0 Å². The second kappa shape index (κ2) is 6.70. The predicted octanol–water partition coefficient (Wildman–Crippen LogP) is 3.94. The van der Waals surface area contributed by atoms with Crippen molar-refractivity contribution in [3.8, 4) is 0 Å². The van der Waals surface area contributed by atoms with E-state index >= 15 is 0 Å². The van der Waals surface area contributed by atoms with E-state index in [2.05, 4.69) is 28.1 Å². The molecule has 1 aromatic rings. The molecule has 3 nitrogen and oxygen atoms in total. The van der Waals surface area contributed by atoms with Gasteiger partial charge in [-0.3, -0.25) is 9.69 Å². The Hall–Kier alpha value is -1.87. The number of aromatic nitrogens is 1. The van der Waals surface area contributed by atoms with Gasteiger partial charge in [-0.15, -0.1) is 0 Å². The molecule has 3 aliphatic carbocycles. The van der Waals surface area contributed by atoms with Crippen molar-refractivity contribution in [1.29, 1.82) is 0 Å². The lowest BCUT2D eigenvalue weighted by Crippen LogP contribution is -2.31. The molecule has 0 amide bonds. The Labute approximate surface area is 155 Å². The van der Waals surface area contributed by atoms with E-state index in [0.29, 0.717) is 0 Å². The van der Waals surface area contributed by atoms with Crippen LogP contribution in [0, 0.1) is 0 Å². The first-order chi connectivity index (χ1) is 12.8. The molecule has 1 N–H and O–H groups in total. The maximum atomic E-state index is 12.7. The Morgan fingerprint density at radius 2 is 1.73 bits per heavy atom. The summed E-state index contributed by atoms with van der Waals surface area (Å²) in [5.74, 6) is 0.